The van der Waals surface area contributed by atoms with Gasteiger partial charge < -0.3 is 5.43 Å². The Balaban J connectivity index is 2.25. The van der Waals surface area contributed by atoms with E-state index in [2.05, 4.69) is 41.8 Å². The Kier molecular flexibility index (Phi) is 1.07. The third-order valence-corrected chi connectivity index (χ3v) is 1.74. The molecule has 2 heterocycles. The van der Waals surface area contributed by atoms with Gasteiger partial charge in [-0.2, -0.15) is 0 Å². The first-order valence-electron chi connectivity index (χ1n) is 3.44. The van der Waals surface area contributed by atoms with Gasteiger partial charge in [0.2, 0.25) is 0 Å². The van der Waals surface area contributed by atoms with Crippen LogP contribution in [0.3, 0.4) is 0 Å². The predicted octanol–water partition coefficient (Wildman–Crippen LogP) is 1.16. The normalized spacial score (nSPS) is 27.9. The number of allylic oxidation sites excluding steroid dienone is 2. The minimum absolute atomic E-state index is 0.434. The van der Waals surface area contributed by atoms with E-state index in [0.717, 1.165) is 0 Å². The summed E-state index contributed by atoms with van der Waals surface area (Å²) in [5, 5.41) is 2.08. The van der Waals surface area contributed by atoms with E-state index in [4.69, 9.17) is 0 Å². The van der Waals surface area contributed by atoms with Crippen molar-refractivity contribution in [1.29, 1.82) is 0 Å². The molecular weight excluding hydrogens is 124 g/mol. The van der Waals surface area contributed by atoms with Gasteiger partial charge in [0.1, 0.15) is 0 Å². The van der Waals surface area contributed by atoms with Gasteiger partial charge >= 0.3 is 0 Å². The van der Waals surface area contributed by atoms with Crippen LogP contribution in [0, 0.1) is 0 Å². The molecule has 0 amide bonds. The van der Waals surface area contributed by atoms with Crippen LogP contribution in [0.2, 0.25) is 0 Å². The van der Waals surface area contributed by atoms with Gasteiger partial charge in [-0.25, -0.2) is 0 Å². The Labute approximate surface area is 60.5 Å². The number of nitrogens with zero attached hydrogens (tertiary/aromatic N) is 1. The SMILES string of the molecule is CC1=CN2NC=CC2C=C1. The molecule has 0 saturated heterocycles. The molecule has 0 bridgehead atoms. The van der Waals surface area contributed by atoms with Crippen LogP contribution in [0.5, 0.6) is 0 Å². The second-order valence-corrected chi connectivity index (χ2v) is 2.62. The first-order chi connectivity index (χ1) is 4.86. The van der Waals surface area contributed by atoms with Gasteiger partial charge in [0.05, 0.1) is 6.04 Å². The highest BCUT2D eigenvalue weighted by Crippen LogP contribution is 2.14. The van der Waals surface area contributed by atoms with Crippen molar-refractivity contribution in [3.63, 3.8) is 0 Å². The van der Waals surface area contributed by atoms with Crippen LogP contribution in [0.25, 0.3) is 0 Å². The topological polar surface area (TPSA) is 15.3 Å². The third-order valence-electron chi connectivity index (χ3n) is 1.74. The van der Waals surface area contributed by atoms with E-state index >= 15 is 0 Å². The minimum atomic E-state index is 0.434. The summed E-state index contributed by atoms with van der Waals surface area (Å²) < 4.78 is 0. The van der Waals surface area contributed by atoms with Crippen LogP contribution >= 0.6 is 0 Å². The lowest BCUT2D eigenvalue weighted by Gasteiger charge is -2.23. The number of fused-ring (bicyclic) bond motifs is 1. The van der Waals surface area contributed by atoms with E-state index in [1.807, 2.05) is 6.20 Å². The third kappa shape index (κ3) is 0.727. The maximum Gasteiger partial charge on any atom is 0.0879 e. The zero-order chi connectivity index (χ0) is 6.97. The van der Waals surface area contributed by atoms with Gasteiger partial charge in [0.25, 0.3) is 0 Å². The summed E-state index contributed by atoms with van der Waals surface area (Å²) >= 11 is 0. The van der Waals surface area contributed by atoms with Crippen LogP contribution in [0.4, 0.5) is 0 Å². The molecule has 0 spiro atoms. The standard InChI is InChI=1S/C8H10N2/c1-7-2-3-8-4-5-9-10(8)6-7/h2-6,8-9H,1H3. The van der Waals surface area contributed by atoms with Gasteiger partial charge in [0.15, 0.2) is 0 Å². The molecule has 52 valence electrons. The summed E-state index contributed by atoms with van der Waals surface area (Å²) in [5.41, 5.74) is 4.40. The maximum absolute atomic E-state index is 3.11. The molecular formula is C8H10N2. The van der Waals surface area contributed by atoms with E-state index in [-0.39, 0.29) is 0 Å². The molecule has 2 aliphatic heterocycles. The monoisotopic (exact) mass is 134 g/mol. The quantitative estimate of drug-likeness (QED) is 0.535. The molecule has 0 aromatic heterocycles. The molecule has 0 radical (unpaired) electrons. The fourth-order valence-electron chi connectivity index (χ4n) is 1.20. The van der Waals surface area contributed by atoms with Crippen molar-refractivity contribution in [3.05, 3.63) is 36.2 Å². The molecule has 2 rings (SSSR count). The van der Waals surface area contributed by atoms with Gasteiger partial charge in [0, 0.05) is 12.4 Å². The van der Waals surface area contributed by atoms with Crippen molar-refractivity contribution >= 4 is 0 Å². The molecule has 2 aliphatic rings. The van der Waals surface area contributed by atoms with Crippen LogP contribution < -0.4 is 5.43 Å². The van der Waals surface area contributed by atoms with Crippen molar-refractivity contribution in [2.45, 2.75) is 13.0 Å². The lowest BCUT2D eigenvalue weighted by Crippen LogP contribution is -2.32. The van der Waals surface area contributed by atoms with Crippen LogP contribution in [-0.4, -0.2) is 11.1 Å². The first kappa shape index (κ1) is 5.59. The van der Waals surface area contributed by atoms with Crippen molar-refractivity contribution in [2.75, 3.05) is 0 Å². The van der Waals surface area contributed by atoms with Crippen molar-refractivity contribution in [2.24, 2.45) is 0 Å². The molecule has 2 nitrogen and oxygen atoms in total. The number of nitrogens with one attached hydrogen (secondary N) is 1. The number of rotatable bonds is 0. The average Bonchev–Trinajstić information content (AvgIpc) is 2.33. The Morgan fingerprint density at radius 3 is 3.30 bits per heavy atom. The summed E-state index contributed by atoms with van der Waals surface area (Å²) in [6, 6.07) is 0.434. The van der Waals surface area contributed by atoms with Crippen LogP contribution in [0.1, 0.15) is 6.92 Å². The molecule has 1 N–H and O–H groups in total. The molecule has 1 unspecified atom stereocenters. The highest BCUT2D eigenvalue weighted by atomic mass is 15.5. The van der Waals surface area contributed by atoms with Crippen LogP contribution in [0.15, 0.2) is 36.2 Å². The zero-order valence-electron chi connectivity index (χ0n) is 5.91. The Bertz CT molecular complexity index is 225. The van der Waals surface area contributed by atoms with E-state index < -0.39 is 0 Å². The maximum atomic E-state index is 3.11. The van der Waals surface area contributed by atoms with E-state index in [0.29, 0.717) is 6.04 Å². The van der Waals surface area contributed by atoms with Gasteiger partial charge in [-0.3, -0.25) is 5.01 Å². The van der Waals surface area contributed by atoms with Gasteiger partial charge in [-0.1, -0.05) is 12.2 Å². The van der Waals surface area contributed by atoms with Crippen molar-refractivity contribution in [3.8, 4) is 0 Å². The largest absolute Gasteiger partial charge is 0.306 e. The molecule has 0 fully saturated rings. The summed E-state index contributed by atoms with van der Waals surface area (Å²) in [4.78, 5) is 0. The Morgan fingerprint density at radius 2 is 2.40 bits per heavy atom. The molecule has 0 aromatic carbocycles. The average molecular weight is 134 g/mol. The second-order valence-electron chi connectivity index (χ2n) is 2.62. The second kappa shape index (κ2) is 1.90. The molecule has 10 heavy (non-hydrogen) atoms. The van der Waals surface area contributed by atoms with E-state index in [1.54, 1.807) is 0 Å². The lowest BCUT2D eigenvalue weighted by molar-refractivity contribution is 0.321. The summed E-state index contributed by atoms with van der Waals surface area (Å²) in [7, 11) is 0. The molecule has 0 aliphatic carbocycles. The van der Waals surface area contributed by atoms with Crippen LogP contribution in [-0.2, 0) is 0 Å². The lowest BCUT2D eigenvalue weighted by atomic mass is 10.1. The van der Waals surface area contributed by atoms with Crippen molar-refractivity contribution in [1.82, 2.24) is 10.4 Å². The fraction of sp³-hybridized carbons (Fsp3) is 0.250. The molecule has 0 saturated carbocycles. The minimum Gasteiger partial charge on any atom is -0.306 e. The van der Waals surface area contributed by atoms with Crippen molar-refractivity contribution < 1.29 is 0 Å². The number of hydrogen-bond acceptors (Lipinski definition) is 2. The molecule has 1 atom stereocenters. The van der Waals surface area contributed by atoms with Gasteiger partial charge in [-0.15, -0.1) is 0 Å². The first-order valence-corrected chi connectivity index (χ1v) is 3.44. The molecule has 0 aromatic rings. The Morgan fingerprint density at radius 1 is 1.50 bits per heavy atom. The zero-order valence-corrected chi connectivity index (χ0v) is 5.91. The van der Waals surface area contributed by atoms with Gasteiger partial charge in [-0.05, 0) is 18.6 Å². The summed E-state index contributed by atoms with van der Waals surface area (Å²) in [6.45, 7) is 2.09. The number of hydrazine groups is 1. The highest BCUT2D eigenvalue weighted by Gasteiger charge is 2.15. The molecule has 2 heteroatoms. The van der Waals surface area contributed by atoms with E-state index in [9.17, 15) is 0 Å². The Hall–Kier alpha value is -1.18. The highest BCUT2D eigenvalue weighted by molar-refractivity contribution is 5.27. The number of hydrogen-bond donors (Lipinski definition) is 1. The van der Waals surface area contributed by atoms with E-state index in [1.165, 1.54) is 5.57 Å². The smallest absolute Gasteiger partial charge is 0.0879 e. The summed E-state index contributed by atoms with van der Waals surface area (Å²) in [5.74, 6) is 0. The fourth-order valence-corrected chi connectivity index (χ4v) is 1.20. The summed E-state index contributed by atoms with van der Waals surface area (Å²) in [6.07, 6.45) is 10.5. The predicted molar refractivity (Wildman–Crippen MR) is 40.8 cm³/mol.